The molecule has 2 rings (SSSR count). The third-order valence-electron chi connectivity index (χ3n) is 5.34. The molecule has 0 radical (unpaired) electrons. The monoisotopic (exact) mass is 462 g/mol. The number of ether oxygens (including phenoxy) is 1. The Morgan fingerprint density at radius 1 is 1.38 bits per heavy atom. The standard InChI is InChI=1S/C19H29F3N6O4/c1-4-18(2,3)9-13(11-28(31)12-29)16(30)25-26-17-23-10-14(15(24-17)19(20,21)22)27-5-7-32-8-6-27/h10,12-13,31H,4-9,11H2,1-3H3,(H,25,30)(H,23,24,26)/t13-/m1/s1. The summed E-state index contributed by atoms with van der Waals surface area (Å²) in [6.45, 7) is 6.66. The second-order valence-electron chi connectivity index (χ2n) is 8.29. The van der Waals surface area contributed by atoms with Crippen molar-refractivity contribution in [2.45, 2.75) is 39.8 Å². The summed E-state index contributed by atoms with van der Waals surface area (Å²) < 4.78 is 45.9. The number of halogens is 3. The van der Waals surface area contributed by atoms with Crippen molar-refractivity contribution in [1.82, 2.24) is 20.5 Å². The molecule has 1 atom stereocenters. The number of hydroxylamine groups is 2. The first-order chi connectivity index (χ1) is 15.0. The average molecular weight is 462 g/mol. The molecule has 1 aromatic heterocycles. The lowest BCUT2D eigenvalue weighted by Crippen LogP contribution is -2.42. The van der Waals surface area contributed by atoms with Crippen molar-refractivity contribution in [3.05, 3.63) is 11.9 Å². The van der Waals surface area contributed by atoms with Crippen LogP contribution in [0.3, 0.4) is 0 Å². The average Bonchev–Trinajstić information content (AvgIpc) is 2.76. The van der Waals surface area contributed by atoms with Crippen molar-refractivity contribution in [3.8, 4) is 0 Å². The predicted octanol–water partition coefficient (Wildman–Crippen LogP) is 2.07. The van der Waals surface area contributed by atoms with Gasteiger partial charge in [0.2, 0.25) is 18.3 Å². The van der Waals surface area contributed by atoms with E-state index in [0.717, 1.165) is 12.6 Å². The minimum Gasteiger partial charge on any atom is -0.378 e. The predicted molar refractivity (Wildman–Crippen MR) is 109 cm³/mol. The molecule has 1 aromatic rings. The molecule has 0 aliphatic carbocycles. The Kier molecular flexibility index (Phi) is 8.61. The number of carbonyl (C=O) groups excluding carboxylic acids is 2. The van der Waals surface area contributed by atoms with Crippen LogP contribution in [0.15, 0.2) is 6.20 Å². The van der Waals surface area contributed by atoms with Gasteiger partial charge in [-0.15, -0.1) is 0 Å². The first kappa shape index (κ1) is 25.6. The maximum absolute atomic E-state index is 13.6. The van der Waals surface area contributed by atoms with Crippen LogP contribution in [0.25, 0.3) is 0 Å². The van der Waals surface area contributed by atoms with E-state index in [0.29, 0.717) is 24.7 Å². The maximum Gasteiger partial charge on any atom is 0.435 e. The van der Waals surface area contributed by atoms with Gasteiger partial charge in [0.1, 0.15) is 0 Å². The largest absolute Gasteiger partial charge is 0.435 e. The Labute approximate surface area is 184 Å². The van der Waals surface area contributed by atoms with Gasteiger partial charge in [0.05, 0.1) is 37.6 Å². The van der Waals surface area contributed by atoms with Crippen LogP contribution in [0.4, 0.5) is 24.8 Å². The van der Waals surface area contributed by atoms with Gasteiger partial charge in [0.25, 0.3) is 0 Å². The summed E-state index contributed by atoms with van der Waals surface area (Å²) in [5.74, 6) is -1.88. The van der Waals surface area contributed by atoms with Crippen molar-refractivity contribution >= 4 is 24.0 Å². The van der Waals surface area contributed by atoms with E-state index in [1.807, 2.05) is 20.8 Å². The van der Waals surface area contributed by atoms with Crippen LogP contribution in [0.2, 0.25) is 0 Å². The van der Waals surface area contributed by atoms with Crippen molar-refractivity contribution in [2.75, 3.05) is 43.2 Å². The van der Waals surface area contributed by atoms with E-state index in [2.05, 4.69) is 20.8 Å². The van der Waals surface area contributed by atoms with Crippen LogP contribution in [-0.4, -0.2) is 65.4 Å². The quantitative estimate of drug-likeness (QED) is 0.275. The third-order valence-corrected chi connectivity index (χ3v) is 5.34. The van der Waals surface area contributed by atoms with E-state index in [1.165, 1.54) is 4.90 Å². The highest BCUT2D eigenvalue weighted by Gasteiger charge is 2.38. The van der Waals surface area contributed by atoms with Crippen molar-refractivity contribution in [2.24, 2.45) is 11.3 Å². The normalized spacial score (nSPS) is 15.8. The fraction of sp³-hybridized carbons (Fsp3) is 0.684. The molecule has 3 N–H and O–H groups in total. The molecule has 0 saturated carbocycles. The van der Waals surface area contributed by atoms with Crippen LogP contribution in [0.5, 0.6) is 0 Å². The number of morpholine rings is 1. The van der Waals surface area contributed by atoms with Gasteiger partial charge in [0, 0.05) is 13.1 Å². The minimum absolute atomic E-state index is 0.165. The van der Waals surface area contributed by atoms with Crippen LogP contribution in [-0.2, 0) is 20.5 Å². The maximum atomic E-state index is 13.6. The van der Waals surface area contributed by atoms with Gasteiger partial charge in [-0.25, -0.2) is 15.0 Å². The summed E-state index contributed by atoms with van der Waals surface area (Å²) >= 11 is 0. The summed E-state index contributed by atoms with van der Waals surface area (Å²) in [4.78, 5) is 32.3. The van der Waals surface area contributed by atoms with Gasteiger partial charge >= 0.3 is 6.18 Å². The number of hydrogen-bond acceptors (Lipinski definition) is 8. The van der Waals surface area contributed by atoms with Gasteiger partial charge in [-0.2, -0.15) is 13.2 Å². The summed E-state index contributed by atoms with van der Waals surface area (Å²) in [7, 11) is 0. The number of nitrogens with one attached hydrogen (secondary N) is 2. The first-order valence-electron chi connectivity index (χ1n) is 10.2. The lowest BCUT2D eigenvalue weighted by atomic mass is 9.80. The van der Waals surface area contributed by atoms with Crippen LogP contribution in [0.1, 0.15) is 39.3 Å². The Morgan fingerprint density at radius 2 is 2.03 bits per heavy atom. The number of anilines is 2. The number of nitrogens with zero attached hydrogens (tertiary/aromatic N) is 4. The molecular weight excluding hydrogens is 433 g/mol. The van der Waals surface area contributed by atoms with Crippen molar-refractivity contribution < 1.29 is 32.7 Å². The van der Waals surface area contributed by atoms with Crippen LogP contribution < -0.4 is 15.8 Å². The SMILES string of the molecule is CCC(C)(C)C[C@H](CN(O)C=O)C(=O)NNc1ncc(N2CCOCC2)c(C(F)(F)F)n1. The van der Waals surface area contributed by atoms with Gasteiger partial charge in [-0.05, 0) is 11.8 Å². The number of carbonyl (C=O) groups is 2. The topological polar surface area (TPSA) is 120 Å². The second kappa shape index (κ2) is 10.8. The number of aromatic nitrogens is 2. The molecule has 0 bridgehead atoms. The lowest BCUT2D eigenvalue weighted by Gasteiger charge is -2.30. The number of amides is 2. The molecule has 1 aliphatic heterocycles. The van der Waals surface area contributed by atoms with Crippen LogP contribution in [0, 0.1) is 11.3 Å². The fourth-order valence-corrected chi connectivity index (χ4v) is 3.22. The Morgan fingerprint density at radius 3 is 2.59 bits per heavy atom. The number of alkyl halides is 3. The van der Waals surface area contributed by atoms with Gasteiger partial charge < -0.3 is 9.64 Å². The van der Waals surface area contributed by atoms with Crippen molar-refractivity contribution in [1.29, 1.82) is 0 Å². The number of hydrazine groups is 1. The van der Waals surface area contributed by atoms with Gasteiger partial charge in [0.15, 0.2) is 5.69 Å². The van der Waals surface area contributed by atoms with E-state index in [4.69, 9.17) is 4.74 Å². The van der Waals surface area contributed by atoms with E-state index in [-0.39, 0.29) is 37.1 Å². The Balaban J connectivity index is 2.16. The molecule has 0 spiro atoms. The first-order valence-corrected chi connectivity index (χ1v) is 10.2. The van der Waals surface area contributed by atoms with Gasteiger partial charge in [-0.3, -0.25) is 25.6 Å². The lowest BCUT2D eigenvalue weighted by molar-refractivity contribution is -0.155. The minimum atomic E-state index is -4.73. The fourth-order valence-electron chi connectivity index (χ4n) is 3.22. The van der Waals surface area contributed by atoms with E-state index in [1.54, 1.807) is 0 Å². The highest BCUT2D eigenvalue weighted by atomic mass is 19.4. The zero-order chi connectivity index (χ0) is 23.9. The summed E-state index contributed by atoms with van der Waals surface area (Å²) in [5, 5.41) is 9.87. The summed E-state index contributed by atoms with van der Waals surface area (Å²) in [6, 6.07) is 0. The number of hydrogen-bond donors (Lipinski definition) is 3. The molecular formula is C19H29F3N6O4. The van der Waals surface area contributed by atoms with E-state index >= 15 is 0 Å². The molecule has 0 aromatic carbocycles. The summed E-state index contributed by atoms with van der Waals surface area (Å²) in [6.07, 6.45) is -2.44. The molecule has 1 aliphatic rings. The Bertz CT molecular complexity index is 787. The molecule has 10 nitrogen and oxygen atoms in total. The molecule has 0 unspecified atom stereocenters. The van der Waals surface area contributed by atoms with E-state index < -0.39 is 29.6 Å². The number of rotatable bonds is 10. The Hall–Kier alpha value is -2.67. The summed E-state index contributed by atoms with van der Waals surface area (Å²) in [5.41, 5.74) is 3.03. The molecule has 13 heteroatoms. The second-order valence-corrected chi connectivity index (χ2v) is 8.29. The molecule has 2 heterocycles. The highest BCUT2D eigenvalue weighted by molar-refractivity contribution is 5.80. The third kappa shape index (κ3) is 7.19. The molecule has 2 amide bonds. The van der Waals surface area contributed by atoms with E-state index in [9.17, 15) is 28.0 Å². The van der Waals surface area contributed by atoms with Gasteiger partial charge in [-0.1, -0.05) is 27.2 Å². The zero-order valence-corrected chi connectivity index (χ0v) is 18.3. The van der Waals surface area contributed by atoms with Crippen LogP contribution >= 0.6 is 0 Å². The molecule has 1 saturated heterocycles. The molecule has 32 heavy (non-hydrogen) atoms. The van der Waals surface area contributed by atoms with Crippen molar-refractivity contribution in [3.63, 3.8) is 0 Å². The highest BCUT2D eigenvalue weighted by Crippen LogP contribution is 2.35. The molecule has 1 fully saturated rings. The molecule has 180 valence electrons. The zero-order valence-electron chi connectivity index (χ0n) is 18.3. The smallest absolute Gasteiger partial charge is 0.378 e.